The zero-order chi connectivity index (χ0) is 15.9. The molecule has 3 rings (SSSR count). The lowest BCUT2D eigenvalue weighted by molar-refractivity contribution is -0.144. The van der Waals surface area contributed by atoms with Crippen LogP contribution in [0, 0.1) is 26.7 Å². The molecule has 0 amide bonds. The Labute approximate surface area is 129 Å². The summed E-state index contributed by atoms with van der Waals surface area (Å²) in [6.07, 6.45) is 0.810. The number of ether oxygens (including phenoxy) is 1. The maximum atomic E-state index is 11.8. The maximum Gasteiger partial charge on any atom is 0.309 e. The van der Waals surface area contributed by atoms with Gasteiger partial charge in [-0.3, -0.25) is 9.78 Å². The Morgan fingerprint density at radius 2 is 2.09 bits per heavy atom. The number of aryl methyl sites for hydroxylation is 3. The van der Waals surface area contributed by atoms with Crippen LogP contribution in [0.15, 0.2) is 12.1 Å². The first-order valence-corrected chi connectivity index (χ1v) is 7.55. The minimum atomic E-state index is -0.120. The summed E-state index contributed by atoms with van der Waals surface area (Å²) < 4.78 is 6.91. The summed E-state index contributed by atoms with van der Waals surface area (Å²) in [5.74, 6) is 1.56. The fraction of sp³-hybridized carbons (Fsp3) is 0.500. The highest BCUT2D eigenvalue weighted by Crippen LogP contribution is 2.47. The maximum absolute atomic E-state index is 11.8. The Kier molecular flexibility index (Phi) is 3.68. The zero-order valence-corrected chi connectivity index (χ0v) is 13.3. The molecule has 0 aliphatic heterocycles. The van der Waals surface area contributed by atoms with E-state index >= 15 is 0 Å². The molecule has 1 saturated carbocycles. The van der Waals surface area contributed by atoms with Gasteiger partial charge in [0.1, 0.15) is 11.6 Å². The summed E-state index contributed by atoms with van der Waals surface area (Å²) in [6, 6.07) is 3.98. The van der Waals surface area contributed by atoms with Crippen molar-refractivity contribution >= 4 is 5.97 Å². The smallest absolute Gasteiger partial charge is 0.309 e. The summed E-state index contributed by atoms with van der Waals surface area (Å²) >= 11 is 0. The molecule has 22 heavy (non-hydrogen) atoms. The van der Waals surface area contributed by atoms with Crippen molar-refractivity contribution in [3.63, 3.8) is 0 Å². The van der Waals surface area contributed by atoms with E-state index < -0.39 is 0 Å². The Morgan fingerprint density at radius 1 is 1.32 bits per heavy atom. The average molecular weight is 300 g/mol. The quantitative estimate of drug-likeness (QED) is 0.810. The number of carbonyl (C=O) groups is 1. The predicted molar refractivity (Wildman–Crippen MR) is 80.8 cm³/mol. The molecule has 2 aromatic rings. The van der Waals surface area contributed by atoms with Crippen molar-refractivity contribution in [3.05, 3.63) is 35.2 Å². The van der Waals surface area contributed by atoms with Gasteiger partial charge in [0.2, 0.25) is 0 Å². The van der Waals surface area contributed by atoms with E-state index in [4.69, 9.17) is 4.74 Å². The van der Waals surface area contributed by atoms with Gasteiger partial charge in [0.05, 0.1) is 18.2 Å². The lowest BCUT2D eigenvalue weighted by Crippen LogP contribution is -2.08. The second kappa shape index (κ2) is 5.51. The minimum absolute atomic E-state index is 0.0549. The summed E-state index contributed by atoms with van der Waals surface area (Å²) in [5.41, 5.74) is 2.78. The van der Waals surface area contributed by atoms with Crippen LogP contribution in [0.3, 0.4) is 0 Å². The number of aromatic nitrogens is 4. The first-order valence-electron chi connectivity index (χ1n) is 7.55. The normalized spacial score (nSPS) is 20.0. The van der Waals surface area contributed by atoms with E-state index in [1.165, 1.54) is 0 Å². The van der Waals surface area contributed by atoms with Crippen molar-refractivity contribution in [3.8, 4) is 5.69 Å². The molecule has 1 aliphatic rings. The summed E-state index contributed by atoms with van der Waals surface area (Å²) in [7, 11) is 0. The summed E-state index contributed by atoms with van der Waals surface area (Å²) in [6.45, 7) is 8.00. The number of pyridine rings is 1. The lowest BCUT2D eigenvalue weighted by atomic mass is 10.2. The highest BCUT2D eigenvalue weighted by atomic mass is 16.5. The highest BCUT2D eigenvalue weighted by Gasteiger charge is 2.46. The van der Waals surface area contributed by atoms with Gasteiger partial charge in [0.25, 0.3) is 0 Å². The Hall–Kier alpha value is -2.24. The first kappa shape index (κ1) is 14.7. The molecule has 6 nitrogen and oxygen atoms in total. The molecule has 0 bridgehead atoms. The van der Waals surface area contributed by atoms with Crippen molar-refractivity contribution in [2.45, 2.75) is 40.0 Å². The van der Waals surface area contributed by atoms with Gasteiger partial charge < -0.3 is 4.74 Å². The molecule has 0 N–H and O–H groups in total. The van der Waals surface area contributed by atoms with E-state index in [2.05, 4.69) is 15.1 Å². The third kappa shape index (κ3) is 2.73. The van der Waals surface area contributed by atoms with Gasteiger partial charge in [-0.1, -0.05) is 0 Å². The SMILES string of the molecule is CCOC(=O)[C@H]1CC1c1cc(-n2nc(C)nc2C)cc(C)n1. The molecule has 1 fully saturated rings. The summed E-state index contributed by atoms with van der Waals surface area (Å²) in [5, 5.41) is 4.41. The molecule has 0 aromatic carbocycles. The highest BCUT2D eigenvalue weighted by molar-refractivity contribution is 5.77. The van der Waals surface area contributed by atoms with E-state index in [9.17, 15) is 4.79 Å². The van der Waals surface area contributed by atoms with Crippen LogP contribution in [0.5, 0.6) is 0 Å². The third-order valence-corrected chi connectivity index (χ3v) is 3.84. The van der Waals surface area contributed by atoms with Crippen LogP contribution >= 0.6 is 0 Å². The number of esters is 1. The van der Waals surface area contributed by atoms with Gasteiger partial charge in [0, 0.05) is 17.3 Å². The largest absolute Gasteiger partial charge is 0.466 e. The zero-order valence-electron chi connectivity index (χ0n) is 13.3. The van der Waals surface area contributed by atoms with Crippen LogP contribution in [0.2, 0.25) is 0 Å². The Morgan fingerprint density at radius 3 is 2.73 bits per heavy atom. The Bertz CT molecular complexity index is 723. The van der Waals surface area contributed by atoms with Gasteiger partial charge >= 0.3 is 5.97 Å². The number of nitrogens with zero attached hydrogens (tertiary/aromatic N) is 4. The number of carbonyl (C=O) groups excluding carboxylic acids is 1. The summed E-state index contributed by atoms with van der Waals surface area (Å²) in [4.78, 5) is 20.7. The number of hydrogen-bond acceptors (Lipinski definition) is 5. The Balaban J connectivity index is 1.89. The van der Waals surface area contributed by atoms with Crippen LogP contribution in [-0.4, -0.2) is 32.3 Å². The number of rotatable bonds is 4. The average Bonchev–Trinajstić information content (AvgIpc) is 3.18. The van der Waals surface area contributed by atoms with E-state index in [1.807, 2.05) is 44.5 Å². The van der Waals surface area contributed by atoms with Crippen LogP contribution in [0.1, 0.15) is 42.3 Å². The van der Waals surface area contributed by atoms with Crippen molar-refractivity contribution in [2.75, 3.05) is 6.61 Å². The molecule has 1 unspecified atom stereocenters. The van der Waals surface area contributed by atoms with Gasteiger partial charge in [-0.25, -0.2) is 9.67 Å². The van der Waals surface area contributed by atoms with Crippen LogP contribution in [-0.2, 0) is 9.53 Å². The second-order valence-corrected chi connectivity index (χ2v) is 5.71. The molecule has 6 heteroatoms. The fourth-order valence-corrected chi connectivity index (χ4v) is 2.78. The van der Waals surface area contributed by atoms with Gasteiger partial charge in [-0.15, -0.1) is 0 Å². The molecule has 2 heterocycles. The third-order valence-electron chi connectivity index (χ3n) is 3.84. The number of hydrogen-bond donors (Lipinski definition) is 0. The van der Waals surface area contributed by atoms with Crippen LogP contribution in [0.25, 0.3) is 5.69 Å². The molecule has 116 valence electrons. The van der Waals surface area contributed by atoms with Gasteiger partial charge in [0.15, 0.2) is 0 Å². The minimum Gasteiger partial charge on any atom is -0.466 e. The van der Waals surface area contributed by atoms with Crippen LogP contribution in [0.4, 0.5) is 0 Å². The topological polar surface area (TPSA) is 69.9 Å². The molecular formula is C16H20N4O2. The van der Waals surface area contributed by atoms with Gasteiger partial charge in [-0.2, -0.15) is 5.10 Å². The van der Waals surface area contributed by atoms with Crippen molar-refractivity contribution < 1.29 is 9.53 Å². The van der Waals surface area contributed by atoms with Crippen LogP contribution < -0.4 is 0 Å². The van der Waals surface area contributed by atoms with Crippen molar-refractivity contribution in [2.24, 2.45) is 5.92 Å². The molecular weight excluding hydrogens is 280 g/mol. The van der Waals surface area contributed by atoms with E-state index in [-0.39, 0.29) is 17.8 Å². The molecule has 0 saturated heterocycles. The molecule has 2 atom stereocenters. The van der Waals surface area contributed by atoms with Crippen molar-refractivity contribution in [1.82, 2.24) is 19.7 Å². The van der Waals surface area contributed by atoms with E-state index in [0.717, 1.165) is 35.1 Å². The fourth-order valence-electron chi connectivity index (χ4n) is 2.78. The van der Waals surface area contributed by atoms with Crippen molar-refractivity contribution in [1.29, 1.82) is 0 Å². The molecule has 1 aliphatic carbocycles. The molecule has 0 radical (unpaired) electrons. The standard InChI is InChI=1S/C16H20N4O2/c1-5-22-16(21)14-8-13(14)15-7-12(6-9(2)17-15)20-11(4)18-10(3)19-20/h6-7,13-14H,5,8H2,1-4H3/t13?,14-/m0/s1. The molecule has 0 spiro atoms. The van der Waals surface area contributed by atoms with E-state index in [0.29, 0.717) is 6.61 Å². The van der Waals surface area contributed by atoms with Gasteiger partial charge in [-0.05, 0) is 46.2 Å². The first-order chi connectivity index (χ1) is 10.5. The second-order valence-electron chi connectivity index (χ2n) is 5.71. The predicted octanol–water partition coefficient (Wildman–Crippen LogP) is 2.25. The molecule has 2 aromatic heterocycles. The lowest BCUT2D eigenvalue weighted by Gasteiger charge is -2.08. The monoisotopic (exact) mass is 300 g/mol. The van der Waals surface area contributed by atoms with E-state index in [1.54, 1.807) is 0 Å².